The van der Waals surface area contributed by atoms with E-state index in [9.17, 15) is 22.4 Å². The number of benzene rings is 1. The second-order valence-electron chi connectivity index (χ2n) is 7.70. The van der Waals surface area contributed by atoms with Crippen molar-refractivity contribution in [3.63, 3.8) is 0 Å². The van der Waals surface area contributed by atoms with Crippen molar-refractivity contribution in [3.8, 4) is 11.1 Å². The molecule has 0 radical (unpaired) electrons. The van der Waals surface area contributed by atoms with Crippen LogP contribution in [0.4, 0.5) is 23.4 Å². The quantitative estimate of drug-likeness (QED) is 0.584. The number of amides is 1. The highest BCUT2D eigenvalue weighted by Crippen LogP contribution is 2.30. The van der Waals surface area contributed by atoms with Gasteiger partial charge in [-0.05, 0) is 49.1 Å². The number of alkyl halides is 3. The van der Waals surface area contributed by atoms with E-state index in [1.165, 1.54) is 19.1 Å². The van der Waals surface area contributed by atoms with Crippen LogP contribution in [0.15, 0.2) is 42.6 Å². The van der Waals surface area contributed by atoms with E-state index in [0.29, 0.717) is 31.6 Å². The standard InChI is InChI=1S/C22H21F4N5O/c1-13-28-19(22(24,25)26)11-20(29-13)31-8-6-17(7-9-31)30-21(32)18-10-15(12-27-18)14-2-4-16(23)5-3-14/h2-5,10-12,17,27H,6-9H2,1H3,(H,30,32). The zero-order valence-corrected chi connectivity index (χ0v) is 17.2. The molecule has 6 nitrogen and oxygen atoms in total. The number of carbonyl (C=O) groups excluding carboxylic acids is 1. The van der Waals surface area contributed by atoms with Gasteiger partial charge in [-0.25, -0.2) is 14.4 Å². The Hall–Kier alpha value is -3.43. The van der Waals surface area contributed by atoms with E-state index in [0.717, 1.165) is 17.2 Å². The van der Waals surface area contributed by atoms with Gasteiger partial charge in [0.1, 0.15) is 28.8 Å². The Kier molecular flexibility index (Phi) is 5.86. The highest BCUT2D eigenvalue weighted by molar-refractivity contribution is 5.94. The van der Waals surface area contributed by atoms with Gasteiger partial charge in [0.2, 0.25) is 0 Å². The average Bonchev–Trinajstić information content (AvgIpc) is 3.24. The lowest BCUT2D eigenvalue weighted by Crippen LogP contribution is -2.45. The normalized spacial score (nSPS) is 15.1. The lowest BCUT2D eigenvalue weighted by Gasteiger charge is -2.33. The number of nitrogens with zero attached hydrogens (tertiary/aromatic N) is 3. The molecule has 0 atom stereocenters. The molecular formula is C22H21F4N5O. The minimum absolute atomic E-state index is 0.0638. The van der Waals surface area contributed by atoms with Gasteiger partial charge in [0.15, 0.2) is 0 Å². The van der Waals surface area contributed by atoms with Crippen LogP contribution in [0, 0.1) is 12.7 Å². The van der Waals surface area contributed by atoms with Crippen LogP contribution in [-0.4, -0.2) is 40.0 Å². The molecule has 4 rings (SSSR count). The topological polar surface area (TPSA) is 73.9 Å². The molecule has 1 fully saturated rings. The van der Waals surface area contributed by atoms with E-state index in [2.05, 4.69) is 20.3 Å². The number of nitrogens with one attached hydrogen (secondary N) is 2. The van der Waals surface area contributed by atoms with E-state index in [4.69, 9.17) is 0 Å². The van der Waals surface area contributed by atoms with Gasteiger partial charge in [-0.15, -0.1) is 0 Å². The summed E-state index contributed by atoms with van der Waals surface area (Å²) in [5, 5.41) is 2.96. The SMILES string of the molecule is Cc1nc(N2CCC(NC(=O)c3cc(-c4ccc(F)cc4)c[nH]3)CC2)cc(C(F)(F)F)n1. The molecule has 168 valence electrons. The fourth-order valence-corrected chi connectivity index (χ4v) is 3.71. The zero-order valence-electron chi connectivity index (χ0n) is 17.2. The molecule has 0 unspecified atom stereocenters. The summed E-state index contributed by atoms with van der Waals surface area (Å²) >= 11 is 0. The number of hydrogen-bond donors (Lipinski definition) is 2. The third kappa shape index (κ3) is 4.90. The number of aromatic nitrogens is 3. The first-order valence-electron chi connectivity index (χ1n) is 10.1. The van der Waals surface area contributed by atoms with Crippen molar-refractivity contribution >= 4 is 11.7 Å². The molecule has 1 aliphatic rings. The molecule has 32 heavy (non-hydrogen) atoms. The Bertz CT molecular complexity index is 1100. The van der Waals surface area contributed by atoms with Crippen molar-refractivity contribution in [2.75, 3.05) is 18.0 Å². The number of halogens is 4. The van der Waals surface area contributed by atoms with Crippen molar-refractivity contribution in [1.82, 2.24) is 20.3 Å². The van der Waals surface area contributed by atoms with Gasteiger partial charge in [-0.3, -0.25) is 4.79 Å². The van der Waals surface area contributed by atoms with Crippen LogP contribution in [0.25, 0.3) is 11.1 Å². The number of piperidine rings is 1. The number of aryl methyl sites for hydroxylation is 1. The molecule has 2 N–H and O–H groups in total. The van der Waals surface area contributed by atoms with E-state index in [1.807, 2.05) is 0 Å². The third-order valence-electron chi connectivity index (χ3n) is 5.37. The molecule has 2 aromatic heterocycles. The Morgan fingerprint density at radius 3 is 2.44 bits per heavy atom. The molecule has 0 spiro atoms. The van der Waals surface area contributed by atoms with Gasteiger partial charge in [0, 0.05) is 31.4 Å². The van der Waals surface area contributed by atoms with Crippen LogP contribution < -0.4 is 10.2 Å². The van der Waals surface area contributed by atoms with Crippen molar-refractivity contribution in [3.05, 3.63) is 65.6 Å². The van der Waals surface area contributed by atoms with Gasteiger partial charge in [-0.2, -0.15) is 13.2 Å². The number of aromatic amines is 1. The Morgan fingerprint density at radius 2 is 1.78 bits per heavy atom. The minimum atomic E-state index is -4.53. The lowest BCUT2D eigenvalue weighted by atomic mass is 10.0. The second-order valence-corrected chi connectivity index (χ2v) is 7.70. The van der Waals surface area contributed by atoms with Crippen molar-refractivity contribution in [2.45, 2.75) is 32.0 Å². The smallest absolute Gasteiger partial charge is 0.357 e. The van der Waals surface area contributed by atoms with Crippen LogP contribution in [0.3, 0.4) is 0 Å². The summed E-state index contributed by atoms with van der Waals surface area (Å²) in [4.78, 5) is 24.9. The summed E-state index contributed by atoms with van der Waals surface area (Å²) in [5.41, 5.74) is 0.977. The minimum Gasteiger partial charge on any atom is -0.357 e. The fourth-order valence-electron chi connectivity index (χ4n) is 3.71. The highest BCUT2D eigenvalue weighted by Gasteiger charge is 2.34. The van der Waals surface area contributed by atoms with Crippen molar-refractivity contribution in [2.24, 2.45) is 0 Å². The van der Waals surface area contributed by atoms with Crippen molar-refractivity contribution < 1.29 is 22.4 Å². The summed E-state index contributed by atoms with van der Waals surface area (Å²) in [6.07, 6.45) is -1.71. The predicted molar refractivity (Wildman–Crippen MR) is 111 cm³/mol. The maximum atomic E-state index is 13.1. The molecule has 1 aliphatic heterocycles. The van der Waals surface area contributed by atoms with Gasteiger partial charge in [-0.1, -0.05) is 12.1 Å². The average molecular weight is 447 g/mol. The Balaban J connectivity index is 1.36. The molecule has 1 aromatic carbocycles. The number of anilines is 1. The second kappa shape index (κ2) is 8.60. The molecule has 3 aromatic rings. The van der Waals surface area contributed by atoms with Crippen molar-refractivity contribution in [1.29, 1.82) is 0 Å². The molecule has 0 bridgehead atoms. The van der Waals surface area contributed by atoms with E-state index < -0.39 is 11.9 Å². The molecule has 3 heterocycles. The molecule has 0 saturated carbocycles. The fraction of sp³-hybridized carbons (Fsp3) is 0.318. The van der Waals surface area contributed by atoms with Gasteiger partial charge in [0.25, 0.3) is 5.91 Å². The first-order chi connectivity index (χ1) is 15.2. The Morgan fingerprint density at radius 1 is 1.09 bits per heavy atom. The molecule has 0 aliphatic carbocycles. The van der Waals surface area contributed by atoms with Crippen LogP contribution in [0.2, 0.25) is 0 Å². The lowest BCUT2D eigenvalue weighted by molar-refractivity contribution is -0.141. The van der Waals surface area contributed by atoms with Gasteiger partial charge >= 0.3 is 6.18 Å². The molecular weight excluding hydrogens is 426 g/mol. The summed E-state index contributed by atoms with van der Waals surface area (Å²) in [6.45, 7) is 2.36. The number of rotatable bonds is 4. The third-order valence-corrected chi connectivity index (χ3v) is 5.37. The predicted octanol–water partition coefficient (Wildman–Crippen LogP) is 4.34. The van der Waals surface area contributed by atoms with E-state index in [-0.39, 0.29) is 29.4 Å². The Labute approximate surface area is 181 Å². The monoisotopic (exact) mass is 447 g/mol. The van der Waals surface area contributed by atoms with Gasteiger partial charge < -0.3 is 15.2 Å². The summed E-state index contributed by atoms with van der Waals surface area (Å²) < 4.78 is 52.2. The van der Waals surface area contributed by atoms with Crippen LogP contribution in [0.5, 0.6) is 0 Å². The van der Waals surface area contributed by atoms with Crippen LogP contribution >= 0.6 is 0 Å². The van der Waals surface area contributed by atoms with E-state index >= 15 is 0 Å². The summed E-state index contributed by atoms with van der Waals surface area (Å²) in [5.74, 6) is -0.300. The van der Waals surface area contributed by atoms with Crippen LogP contribution in [0.1, 0.15) is 34.8 Å². The number of H-pyrrole nitrogens is 1. The zero-order chi connectivity index (χ0) is 22.9. The van der Waals surface area contributed by atoms with Crippen LogP contribution in [-0.2, 0) is 6.18 Å². The van der Waals surface area contributed by atoms with E-state index in [1.54, 1.807) is 29.3 Å². The number of hydrogen-bond acceptors (Lipinski definition) is 4. The summed E-state index contributed by atoms with van der Waals surface area (Å²) in [6, 6.07) is 8.52. The largest absolute Gasteiger partial charge is 0.433 e. The maximum absolute atomic E-state index is 13.1. The molecule has 1 amide bonds. The first kappa shape index (κ1) is 21.8. The number of carbonyl (C=O) groups is 1. The molecule has 10 heteroatoms. The summed E-state index contributed by atoms with van der Waals surface area (Å²) in [7, 11) is 0. The van der Waals surface area contributed by atoms with Gasteiger partial charge in [0.05, 0.1) is 0 Å². The molecule has 1 saturated heterocycles. The highest BCUT2D eigenvalue weighted by atomic mass is 19.4. The first-order valence-corrected chi connectivity index (χ1v) is 10.1. The maximum Gasteiger partial charge on any atom is 0.433 e.